The SMILES string of the molecule is CCc1cc(NC(C)=O)c2ccc(OCc3cncc(-n4cc([C@@H]5CCCO5)c5c(N)ncnc54)c3)cc2n1. The van der Waals surface area contributed by atoms with Crippen LogP contribution in [0.5, 0.6) is 5.75 Å². The van der Waals surface area contributed by atoms with Gasteiger partial charge in [0.25, 0.3) is 0 Å². The quantitative estimate of drug-likeness (QED) is 0.308. The van der Waals surface area contributed by atoms with Gasteiger partial charge in [-0.25, -0.2) is 9.97 Å². The van der Waals surface area contributed by atoms with E-state index in [0.29, 0.717) is 18.2 Å². The minimum atomic E-state index is -0.121. The summed E-state index contributed by atoms with van der Waals surface area (Å²) in [5.74, 6) is 0.995. The maximum atomic E-state index is 11.7. The lowest BCUT2D eigenvalue weighted by Crippen LogP contribution is -2.07. The second-order valence-electron chi connectivity index (χ2n) is 9.63. The van der Waals surface area contributed by atoms with Crippen molar-refractivity contribution in [1.82, 2.24) is 24.5 Å². The number of hydrogen-bond donors (Lipinski definition) is 2. The van der Waals surface area contributed by atoms with Crippen LogP contribution in [0.2, 0.25) is 0 Å². The predicted molar refractivity (Wildman–Crippen MR) is 149 cm³/mol. The van der Waals surface area contributed by atoms with E-state index in [9.17, 15) is 4.79 Å². The molecule has 3 N–H and O–H groups in total. The average molecular weight is 524 g/mol. The number of hydrogen-bond acceptors (Lipinski definition) is 8. The lowest BCUT2D eigenvalue weighted by molar-refractivity contribution is -0.114. The molecule has 0 saturated carbocycles. The summed E-state index contributed by atoms with van der Waals surface area (Å²) >= 11 is 0. The second kappa shape index (κ2) is 10.3. The van der Waals surface area contributed by atoms with Crippen LogP contribution < -0.4 is 15.8 Å². The Morgan fingerprint density at radius 2 is 2.13 bits per heavy atom. The number of ether oxygens (including phenoxy) is 2. The lowest BCUT2D eigenvalue weighted by Gasteiger charge is -2.12. The third kappa shape index (κ3) is 4.86. The molecule has 1 atom stereocenters. The van der Waals surface area contributed by atoms with Gasteiger partial charge in [-0.1, -0.05) is 6.92 Å². The molecule has 39 heavy (non-hydrogen) atoms. The fourth-order valence-electron chi connectivity index (χ4n) is 5.06. The highest BCUT2D eigenvalue weighted by Gasteiger charge is 2.25. The van der Waals surface area contributed by atoms with E-state index in [2.05, 4.69) is 20.3 Å². The van der Waals surface area contributed by atoms with Crippen molar-refractivity contribution < 1.29 is 14.3 Å². The molecule has 5 heterocycles. The molecule has 0 unspecified atom stereocenters. The Balaban J connectivity index is 1.28. The number of nitrogens with zero attached hydrogens (tertiary/aromatic N) is 5. The minimum absolute atomic E-state index is 0.0255. The summed E-state index contributed by atoms with van der Waals surface area (Å²) in [6, 6.07) is 9.62. The molecule has 1 fully saturated rings. The van der Waals surface area contributed by atoms with Gasteiger partial charge in [0.2, 0.25) is 5.91 Å². The Labute approximate surface area is 225 Å². The number of amides is 1. The summed E-state index contributed by atoms with van der Waals surface area (Å²) in [5.41, 5.74) is 12.1. The van der Waals surface area contributed by atoms with E-state index >= 15 is 0 Å². The van der Waals surface area contributed by atoms with E-state index in [1.165, 1.54) is 13.3 Å². The summed E-state index contributed by atoms with van der Waals surface area (Å²) in [4.78, 5) is 29.6. The van der Waals surface area contributed by atoms with Crippen LogP contribution in [0.15, 0.2) is 55.2 Å². The molecular weight excluding hydrogens is 494 g/mol. The molecule has 198 valence electrons. The van der Waals surface area contributed by atoms with Crippen molar-refractivity contribution >= 4 is 39.3 Å². The number of fused-ring (bicyclic) bond motifs is 2. The van der Waals surface area contributed by atoms with Gasteiger partial charge in [-0.3, -0.25) is 19.3 Å². The number of anilines is 2. The molecule has 5 aromatic rings. The van der Waals surface area contributed by atoms with E-state index in [0.717, 1.165) is 76.0 Å². The number of carbonyl (C=O) groups is 1. The van der Waals surface area contributed by atoms with Crippen LogP contribution in [0.4, 0.5) is 11.5 Å². The molecular formula is C29H29N7O3. The monoisotopic (exact) mass is 523 g/mol. The zero-order valence-corrected chi connectivity index (χ0v) is 21.8. The molecule has 1 aromatic carbocycles. The molecule has 1 aliphatic heterocycles. The maximum Gasteiger partial charge on any atom is 0.221 e. The van der Waals surface area contributed by atoms with Gasteiger partial charge in [0.1, 0.15) is 30.1 Å². The van der Waals surface area contributed by atoms with Crippen LogP contribution in [0.25, 0.3) is 27.6 Å². The van der Waals surface area contributed by atoms with Gasteiger partial charge in [0, 0.05) is 54.2 Å². The lowest BCUT2D eigenvalue weighted by atomic mass is 10.1. The summed E-state index contributed by atoms with van der Waals surface area (Å²) in [6.45, 7) is 4.58. The number of aromatic nitrogens is 5. The van der Waals surface area contributed by atoms with Crippen LogP contribution in [0.3, 0.4) is 0 Å². The maximum absolute atomic E-state index is 11.7. The molecule has 0 aliphatic carbocycles. The number of nitrogens with two attached hydrogens (primary N) is 1. The van der Waals surface area contributed by atoms with Crippen molar-refractivity contribution in [2.24, 2.45) is 0 Å². The first-order valence-corrected chi connectivity index (χ1v) is 13.0. The van der Waals surface area contributed by atoms with Gasteiger partial charge in [0.15, 0.2) is 0 Å². The van der Waals surface area contributed by atoms with Crippen molar-refractivity contribution in [1.29, 1.82) is 0 Å². The van der Waals surface area contributed by atoms with Crippen LogP contribution >= 0.6 is 0 Å². The second-order valence-corrected chi connectivity index (χ2v) is 9.63. The molecule has 0 radical (unpaired) electrons. The molecule has 10 nitrogen and oxygen atoms in total. The molecule has 4 aromatic heterocycles. The Hall–Kier alpha value is -4.57. The first-order valence-electron chi connectivity index (χ1n) is 13.0. The number of aryl methyl sites for hydroxylation is 1. The normalized spacial score (nSPS) is 15.2. The Kier molecular flexibility index (Phi) is 6.54. The van der Waals surface area contributed by atoms with E-state index in [1.54, 1.807) is 12.4 Å². The minimum Gasteiger partial charge on any atom is -0.489 e. The highest BCUT2D eigenvalue weighted by Crippen LogP contribution is 2.37. The van der Waals surface area contributed by atoms with Crippen molar-refractivity contribution in [2.45, 2.75) is 45.8 Å². The van der Waals surface area contributed by atoms with Crippen molar-refractivity contribution in [3.63, 3.8) is 0 Å². The van der Waals surface area contributed by atoms with Crippen molar-refractivity contribution in [3.8, 4) is 11.4 Å². The Bertz CT molecular complexity index is 1690. The van der Waals surface area contributed by atoms with Crippen LogP contribution in [0.1, 0.15) is 49.6 Å². The predicted octanol–water partition coefficient (Wildman–Crippen LogP) is 4.90. The molecule has 1 amide bonds. The molecule has 1 saturated heterocycles. The van der Waals surface area contributed by atoms with Crippen LogP contribution in [0, 0.1) is 0 Å². The third-order valence-corrected chi connectivity index (χ3v) is 6.89. The van der Waals surface area contributed by atoms with Gasteiger partial charge in [-0.15, -0.1) is 0 Å². The highest BCUT2D eigenvalue weighted by atomic mass is 16.5. The first kappa shape index (κ1) is 24.7. The van der Waals surface area contributed by atoms with Gasteiger partial charge in [-0.2, -0.15) is 0 Å². The molecule has 10 heteroatoms. The molecule has 6 rings (SSSR count). The van der Waals surface area contributed by atoms with E-state index < -0.39 is 0 Å². The van der Waals surface area contributed by atoms with Gasteiger partial charge in [0.05, 0.1) is 34.6 Å². The molecule has 0 bridgehead atoms. The third-order valence-electron chi connectivity index (χ3n) is 6.89. The number of nitrogens with one attached hydrogen (secondary N) is 1. The number of rotatable bonds is 7. The zero-order chi connectivity index (χ0) is 26.9. The smallest absolute Gasteiger partial charge is 0.221 e. The van der Waals surface area contributed by atoms with Crippen LogP contribution in [-0.4, -0.2) is 37.0 Å². The Morgan fingerprint density at radius 1 is 1.23 bits per heavy atom. The summed E-state index contributed by atoms with van der Waals surface area (Å²) in [6.07, 6.45) is 9.75. The summed E-state index contributed by atoms with van der Waals surface area (Å²) < 4.78 is 14.1. The van der Waals surface area contributed by atoms with E-state index in [4.69, 9.17) is 20.2 Å². The summed E-state index contributed by atoms with van der Waals surface area (Å²) in [7, 11) is 0. The summed E-state index contributed by atoms with van der Waals surface area (Å²) in [5, 5.41) is 4.58. The van der Waals surface area contributed by atoms with Crippen molar-refractivity contribution in [2.75, 3.05) is 17.7 Å². The largest absolute Gasteiger partial charge is 0.489 e. The topological polar surface area (TPSA) is 130 Å². The fourth-order valence-corrected chi connectivity index (χ4v) is 5.06. The number of carbonyl (C=O) groups excluding carboxylic acids is 1. The Morgan fingerprint density at radius 3 is 2.92 bits per heavy atom. The number of benzene rings is 1. The molecule has 0 spiro atoms. The number of nitrogen functional groups attached to an aromatic ring is 1. The van der Waals surface area contributed by atoms with Gasteiger partial charge < -0.3 is 20.5 Å². The standard InChI is InChI=1S/C29H29N7O3/c1-3-19-10-24(34-17(2)37)22-7-6-21(11-25(22)35-19)39-15-18-9-20(13-31-12-18)36-14-23(26-5-4-8-38-26)27-28(30)32-16-33-29(27)36/h6-7,9-14,16,26H,3-5,8,15H2,1-2H3,(H2,30,32,33)(H,34,35,37)/t26-/m0/s1. The zero-order valence-electron chi connectivity index (χ0n) is 21.8. The highest BCUT2D eigenvalue weighted by molar-refractivity contribution is 6.00. The number of pyridine rings is 2. The van der Waals surface area contributed by atoms with Crippen molar-refractivity contribution in [3.05, 3.63) is 72.1 Å². The van der Waals surface area contributed by atoms with E-state index in [-0.39, 0.29) is 12.0 Å². The first-order chi connectivity index (χ1) is 19.0. The fraction of sp³-hybridized carbons (Fsp3) is 0.276. The van der Waals surface area contributed by atoms with Crippen LogP contribution in [-0.2, 0) is 22.6 Å². The van der Waals surface area contributed by atoms with E-state index in [1.807, 2.05) is 48.0 Å². The van der Waals surface area contributed by atoms with Gasteiger partial charge >= 0.3 is 0 Å². The average Bonchev–Trinajstić information content (AvgIpc) is 3.60. The van der Waals surface area contributed by atoms with Gasteiger partial charge in [-0.05, 0) is 43.5 Å². The molecule has 1 aliphatic rings.